The van der Waals surface area contributed by atoms with Gasteiger partial charge in [-0.05, 0) is 89.8 Å². The van der Waals surface area contributed by atoms with Crippen LogP contribution < -0.4 is 4.74 Å². The smallest absolute Gasteiger partial charge is 0.169 e. The summed E-state index contributed by atoms with van der Waals surface area (Å²) in [7, 11) is 1.60. The van der Waals surface area contributed by atoms with Gasteiger partial charge in [-0.2, -0.15) is 0 Å². The number of benzene rings is 2. The van der Waals surface area contributed by atoms with Crippen molar-refractivity contribution in [1.82, 2.24) is 0 Å². The summed E-state index contributed by atoms with van der Waals surface area (Å²) in [4.78, 5) is 25.8. The normalized spacial score (nSPS) is 17.2. The summed E-state index contributed by atoms with van der Waals surface area (Å²) >= 11 is 0. The summed E-state index contributed by atoms with van der Waals surface area (Å²) in [5.41, 5.74) is 6.90. The van der Waals surface area contributed by atoms with Crippen LogP contribution in [0.1, 0.15) is 24.0 Å². The third kappa shape index (κ3) is 6.07. The average molecular weight is 557 g/mol. The highest BCUT2D eigenvalue weighted by atomic mass is 19.1. The van der Waals surface area contributed by atoms with Crippen LogP contribution in [0.25, 0.3) is 12.2 Å². The zero-order valence-corrected chi connectivity index (χ0v) is 23.2. The van der Waals surface area contributed by atoms with E-state index in [1.165, 1.54) is 24.3 Å². The van der Waals surface area contributed by atoms with Gasteiger partial charge in [0.25, 0.3) is 0 Å². The molecule has 208 valence electrons. The second kappa shape index (κ2) is 12.1. The number of methoxy groups -OCH3 is 1. The number of ketones is 2. The molecule has 4 nitrogen and oxygen atoms in total. The molecule has 0 saturated heterocycles. The average Bonchev–Trinajstić information content (AvgIpc) is 3.84. The number of ether oxygens (including phenoxy) is 2. The Kier molecular flexibility index (Phi) is 8.14. The van der Waals surface area contributed by atoms with Crippen LogP contribution >= 0.6 is 0 Å². The quantitative estimate of drug-likeness (QED) is 0.169. The molecule has 3 aliphatic carbocycles. The molecule has 3 aliphatic rings. The van der Waals surface area contributed by atoms with Gasteiger partial charge in [-0.1, -0.05) is 67.8 Å². The number of hydrogen-bond donors (Lipinski definition) is 0. The second-order valence-corrected chi connectivity index (χ2v) is 10.1. The zero-order chi connectivity index (χ0) is 29.7. The topological polar surface area (TPSA) is 52.6 Å². The molecular weight excluding hydrogens is 527 g/mol. The van der Waals surface area contributed by atoms with E-state index in [0.29, 0.717) is 35.7 Å². The van der Waals surface area contributed by atoms with Crippen LogP contribution in [0.15, 0.2) is 150 Å². The lowest BCUT2D eigenvalue weighted by atomic mass is 9.93. The highest BCUT2D eigenvalue weighted by Gasteiger charge is 2.53. The summed E-state index contributed by atoms with van der Waals surface area (Å²) in [6.07, 6.45) is 18.3. The minimum atomic E-state index is -1.01. The molecule has 0 unspecified atom stereocenters. The van der Waals surface area contributed by atoms with E-state index >= 15 is 0 Å². The Morgan fingerprint density at radius 3 is 2.12 bits per heavy atom. The van der Waals surface area contributed by atoms with Gasteiger partial charge in [0.05, 0.1) is 18.1 Å². The Bertz CT molecular complexity index is 1710. The Morgan fingerprint density at radius 2 is 1.55 bits per heavy atom. The van der Waals surface area contributed by atoms with Crippen molar-refractivity contribution in [1.29, 1.82) is 0 Å². The van der Waals surface area contributed by atoms with Crippen LogP contribution in [0.4, 0.5) is 4.39 Å². The second-order valence-electron chi connectivity index (χ2n) is 10.1. The van der Waals surface area contributed by atoms with E-state index in [9.17, 15) is 14.0 Å². The van der Waals surface area contributed by atoms with Crippen molar-refractivity contribution in [2.24, 2.45) is 5.41 Å². The lowest BCUT2D eigenvalue weighted by molar-refractivity contribution is -0.129. The minimum Gasteiger partial charge on any atom is -0.495 e. The van der Waals surface area contributed by atoms with Gasteiger partial charge in [0.1, 0.15) is 23.1 Å². The number of halogens is 1. The number of carbonyl (C=O) groups excluding carboxylic acids is 2. The van der Waals surface area contributed by atoms with Crippen molar-refractivity contribution in [3.8, 4) is 5.75 Å². The monoisotopic (exact) mass is 556 g/mol. The Morgan fingerprint density at radius 1 is 0.929 bits per heavy atom. The van der Waals surface area contributed by atoms with Crippen molar-refractivity contribution in [2.45, 2.75) is 12.8 Å². The van der Waals surface area contributed by atoms with Gasteiger partial charge in [-0.3, -0.25) is 9.59 Å². The maximum absolute atomic E-state index is 13.1. The molecule has 5 rings (SSSR count). The molecule has 0 heterocycles. The molecule has 5 heteroatoms. The van der Waals surface area contributed by atoms with E-state index in [4.69, 9.17) is 9.47 Å². The van der Waals surface area contributed by atoms with E-state index in [1.54, 1.807) is 37.5 Å². The standard InChI is InChI=1S/C37H29FO4/c1-4-28-14-19-31-32(24-34(28)41-3)25(2)6-5-7-33(31)42-30-17-10-27(11-18-30)13-21-36(40)37(22-23-37)35(39)20-12-26-8-15-29(38)16-9-26/h4-13,15-21,24H,1-2,22-23H2,3H3/b20-12+,21-13+. The van der Waals surface area contributed by atoms with Crippen molar-refractivity contribution in [2.75, 3.05) is 7.11 Å². The molecule has 42 heavy (non-hydrogen) atoms. The first-order valence-corrected chi connectivity index (χ1v) is 13.5. The first-order chi connectivity index (χ1) is 20.3. The maximum atomic E-state index is 13.1. The predicted octanol–water partition coefficient (Wildman–Crippen LogP) is 7.97. The van der Waals surface area contributed by atoms with Crippen LogP contribution in [0, 0.1) is 11.2 Å². The first kappa shape index (κ1) is 28.3. The van der Waals surface area contributed by atoms with E-state index in [0.717, 1.165) is 27.9 Å². The summed E-state index contributed by atoms with van der Waals surface area (Å²) in [6.45, 7) is 8.03. The summed E-state index contributed by atoms with van der Waals surface area (Å²) < 4.78 is 24.9. The van der Waals surface area contributed by atoms with Gasteiger partial charge >= 0.3 is 0 Å². The molecule has 0 bridgehead atoms. The molecule has 1 fully saturated rings. The predicted molar refractivity (Wildman–Crippen MR) is 163 cm³/mol. The van der Waals surface area contributed by atoms with Gasteiger partial charge in [-0.15, -0.1) is 5.73 Å². The van der Waals surface area contributed by atoms with E-state index in [1.807, 2.05) is 54.6 Å². The zero-order valence-electron chi connectivity index (χ0n) is 23.2. The van der Waals surface area contributed by atoms with Crippen molar-refractivity contribution >= 4 is 23.7 Å². The van der Waals surface area contributed by atoms with Gasteiger partial charge in [-0.25, -0.2) is 4.39 Å². The molecule has 0 amide bonds. The maximum Gasteiger partial charge on any atom is 0.169 e. The molecule has 2 aromatic carbocycles. The SMILES string of the molecule is C=CC1=C=CC2=C(C=C1OC)C(=C)C=CC=C2Oc1ccc(/C=C/C(=O)C2(C(=O)/C=C/c3ccc(F)cc3)CC2)cc1. The van der Waals surface area contributed by atoms with Crippen molar-refractivity contribution < 1.29 is 23.5 Å². The molecule has 0 atom stereocenters. The molecular formula is C37H29FO4. The lowest BCUT2D eigenvalue weighted by Gasteiger charge is -2.13. The number of carbonyl (C=O) groups is 2. The Labute approximate surface area is 244 Å². The minimum absolute atomic E-state index is 0.220. The van der Waals surface area contributed by atoms with E-state index in [-0.39, 0.29) is 17.4 Å². The van der Waals surface area contributed by atoms with Crippen molar-refractivity contribution in [3.63, 3.8) is 0 Å². The van der Waals surface area contributed by atoms with E-state index in [2.05, 4.69) is 18.9 Å². The number of allylic oxidation sites excluding steroid dienone is 10. The first-order valence-electron chi connectivity index (χ1n) is 13.5. The molecule has 0 N–H and O–H groups in total. The molecule has 0 aliphatic heterocycles. The molecule has 0 spiro atoms. The highest BCUT2D eigenvalue weighted by molar-refractivity contribution is 6.19. The fraction of sp³-hybridized carbons (Fsp3) is 0.108. The fourth-order valence-corrected chi connectivity index (χ4v) is 4.65. The highest BCUT2D eigenvalue weighted by Crippen LogP contribution is 2.48. The third-order valence-electron chi connectivity index (χ3n) is 7.31. The Hall–Kier alpha value is -5.25. The Balaban J connectivity index is 1.28. The largest absolute Gasteiger partial charge is 0.495 e. The molecule has 0 aromatic heterocycles. The summed E-state index contributed by atoms with van der Waals surface area (Å²) in [5, 5.41) is 0. The molecule has 0 radical (unpaired) electrons. The van der Waals surface area contributed by atoms with Crippen LogP contribution in [0.5, 0.6) is 5.75 Å². The van der Waals surface area contributed by atoms with Gasteiger partial charge < -0.3 is 9.47 Å². The molecule has 1 saturated carbocycles. The third-order valence-corrected chi connectivity index (χ3v) is 7.31. The summed E-state index contributed by atoms with van der Waals surface area (Å²) in [6, 6.07) is 13.2. The summed E-state index contributed by atoms with van der Waals surface area (Å²) in [5.74, 6) is 1.06. The van der Waals surface area contributed by atoms with Gasteiger partial charge in [0.2, 0.25) is 0 Å². The van der Waals surface area contributed by atoms with E-state index < -0.39 is 5.41 Å². The van der Waals surface area contributed by atoms with Crippen LogP contribution in [-0.2, 0) is 14.3 Å². The van der Waals surface area contributed by atoms with Crippen molar-refractivity contribution in [3.05, 3.63) is 167 Å². The number of hydrogen-bond acceptors (Lipinski definition) is 4. The fourth-order valence-electron chi connectivity index (χ4n) is 4.65. The van der Waals surface area contributed by atoms with Gasteiger partial charge in [0.15, 0.2) is 11.6 Å². The lowest BCUT2D eigenvalue weighted by Crippen LogP contribution is -2.22. The van der Waals surface area contributed by atoms with Crippen LogP contribution in [0.3, 0.4) is 0 Å². The number of rotatable bonds is 10. The van der Waals surface area contributed by atoms with Crippen LogP contribution in [0.2, 0.25) is 0 Å². The van der Waals surface area contributed by atoms with Gasteiger partial charge in [0, 0.05) is 5.57 Å². The molecule has 2 aromatic rings. The van der Waals surface area contributed by atoms with Crippen LogP contribution in [-0.4, -0.2) is 18.7 Å².